The van der Waals surface area contributed by atoms with E-state index in [1.54, 1.807) is 45.7 Å². The van der Waals surface area contributed by atoms with Crippen LogP contribution in [-0.2, 0) is 12.4 Å². The number of alkyl halides is 6. The molecule has 0 N–H and O–H groups in total. The first-order valence-corrected chi connectivity index (χ1v) is 15.6. The van der Waals surface area contributed by atoms with Gasteiger partial charge in [-0.1, -0.05) is 48.5 Å². The fraction of sp³-hybridized carbons (Fsp3) is 0.100. The number of pyridine rings is 1. The third-order valence-electron chi connectivity index (χ3n) is 9.16. The molecule has 0 atom stereocenters. The molecule has 4 nitrogen and oxygen atoms in total. The van der Waals surface area contributed by atoms with E-state index in [0.29, 0.717) is 61.0 Å². The Kier molecular flexibility index (Phi) is 6.85. The van der Waals surface area contributed by atoms with Crippen molar-refractivity contribution in [1.29, 1.82) is 5.26 Å². The summed E-state index contributed by atoms with van der Waals surface area (Å²) >= 11 is 0. The Morgan fingerprint density at radius 2 is 1.02 bits per heavy atom. The Morgan fingerprint density at radius 3 is 1.52 bits per heavy atom. The van der Waals surface area contributed by atoms with E-state index in [4.69, 9.17) is 4.98 Å². The summed E-state index contributed by atoms with van der Waals surface area (Å²) < 4.78 is 87.6. The predicted octanol–water partition coefficient (Wildman–Crippen LogP) is 11.5. The van der Waals surface area contributed by atoms with Gasteiger partial charge in [0.05, 0.1) is 56.7 Å². The maximum absolute atomic E-state index is 14.1. The van der Waals surface area contributed by atoms with E-state index in [9.17, 15) is 31.6 Å². The zero-order valence-corrected chi connectivity index (χ0v) is 26.4. The van der Waals surface area contributed by atoms with Gasteiger partial charge in [0.15, 0.2) is 0 Å². The molecule has 8 aromatic rings. The van der Waals surface area contributed by atoms with Crippen LogP contribution in [0, 0.1) is 25.2 Å². The second-order valence-electron chi connectivity index (χ2n) is 12.4. The summed E-state index contributed by atoms with van der Waals surface area (Å²) in [6.45, 7) is 3.78. The van der Waals surface area contributed by atoms with Gasteiger partial charge in [0.2, 0.25) is 0 Å². The highest BCUT2D eigenvalue weighted by Crippen LogP contribution is 2.42. The van der Waals surface area contributed by atoms with Gasteiger partial charge >= 0.3 is 12.4 Å². The largest absolute Gasteiger partial charge is 0.416 e. The van der Waals surface area contributed by atoms with Crippen molar-refractivity contribution in [2.75, 3.05) is 0 Å². The monoisotopic (exact) mass is 674 g/mol. The van der Waals surface area contributed by atoms with Crippen LogP contribution in [-0.4, -0.2) is 14.1 Å². The van der Waals surface area contributed by atoms with Gasteiger partial charge in [-0.15, -0.1) is 0 Å². The molecule has 0 radical (unpaired) electrons. The molecule has 0 bridgehead atoms. The second-order valence-corrected chi connectivity index (χ2v) is 12.4. The van der Waals surface area contributed by atoms with Crippen molar-refractivity contribution < 1.29 is 26.3 Å². The van der Waals surface area contributed by atoms with E-state index in [0.717, 1.165) is 46.2 Å². The Labute approximate surface area is 281 Å². The van der Waals surface area contributed by atoms with Crippen LogP contribution in [0.1, 0.15) is 27.8 Å². The normalized spacial score (nSPS) is 12.4. The summed E-state index contributed by atoms with van der Waals surface area (Å²) in [4.78, 5) is 4.81. The van der Waals surface area contributed by atoms with Crippen molar-refractivity contribution >= 4 is 43.6 Å². The lowest BCUT2D eigenvalue weighted by atomic mass is 10.0. The molecule has 0 saturated heterocycles. The maximum Gasteiger partial charge on any atom is 0.416 e. The number of nitrogens with zero attached hydrogens (tertiary/aromatic N) is 4. The molecule has 0 spiro atoms. The van der Waals surface area contributed by atoms with Gasteiger partial charge in [0.25, 0.3) is 0 Å². The quantitative estimate of drug-likeness (QED) is 0.175. The van der Waals surface area contributed by atoms with Crippen LogP contribution in [0.5, 0.6) is 0 Å². The summed E-state index contributed by atoms with van der Waals surface area (Å²) in [5.41, 5.74) is 4.12. The lowest BCUT2D eigenvalue weighted by molar-refractivity contribution is -0.138. The summed E-state index contributed by atoms with van der Waals surface area (Å²) in [6.07, 6.45) is -7.63. The van der Waals surface area contributed by atoms with E-state index in [-0.39, 0.29) is 0 Å². The third-order valence-corrected chi connectivity index (χ3v) is 9.16. The number of hydrogen-bond acceptors (Lipinski definition) is 2. The Bertz CT molecular complexity index is 2710. The van der Waals surface area contributed by atoms with Gasteiger partial charge in [-0.2, -0.15) is 31.6 Å². The van der Waals surface area contributed by atoms with Gasteiger partial charge in [0, 0.05) is 27.1 Å². The van der Waals surface area contributed by atoms with E-state index in [2.05, 4.69) is 6.07 Å². The molecule has 8 rings (SSSR count). The van der Waals surface area contributed by atoms with E-state index in [1.807, 2.05) is 50.2 Å². The molecule has 3 heterocycles. The van der Waals surface area contributed by atoms with Crippen molar-refractivity contribution in [3.63, 3.8) is 0 Å². The molecule has 0 aliphatic heterocycles. The zero-order chi connectivity index (χ0) is 35.1. The van der Waals surface area contributed by atoms with Gasteiger partial charge in [-0.3, -0.25) is 4.57 Å². The number of fused-ring (bicyclic) bond motifs is 6. The van der Waals surface area contributed by atoms with E-state index < -0.39 is 23.5 Å². The van der Waals surface area contributed by atoms with Crippen molar-refractivity contribution in [3.8, 4) is 28.7 Å². The number of halogens is 6. The van der Waals surface area contributed by atoms with Crippen LogP contribution < -0.4 is 0 Å². The summed E-state index contributed by atoms with van der Waals surface area (Å²) in [6, 6.07) is 29.2. The fourth-order valence-electron chi connectivity index (χ4n) is 6.81. The third kappa shape index (κ3) is 4.96. The Balaban J connectivity index is 1.49. The lowest BCUT2D eigenvalue weighted by Gasteiger charge is -2.17. The molecule has 0 saturated carbocycles. The number of nitriles is 1. The zero-order valence-electron chi connectivity index (χ0n) is 26.4. The van der Waals surface area contributed by atoms with E-state index >= 15 is 0 Å². The SMILES string of the molecule is Cc1ccc2c3ccc(C(F)(F)F)cc3n(-c3cc(-c4ccc(C#N)cc4)c(-n4c5cc(C)ccc5c5ccc(C(F)(F)F)cc54)cn3)c2c1. The Morgan fingerprint density at radius 1 is 0.560 bits per heavy atom. The molecule has 3 aromatic heterocycles. The van der Waals surface area contributed by atoms with Crippen LogP contribution in [0.15, 0.2) is 109 Å². The second kappa shape index (κ2) is 11.0. The minimum absolute atomic E-state index is 0.300. The van der Waals surface area contributed by atoms with Crippen molar-refractivity contribution in [2.45, 2.75) is 26.2 Å². The molecular weight excluding hydrogens is 650 g/mol. The van der Waals surface area contributed by atoms with Gasteiger partial charge in [-0.25, -0.2) is 4.98 Å². The van der Waals surface area contributed by atoms with E-state index in [1.165, 1.54) is 12.1 Å². The molecule has 0 unspecified atom stereocenters. The number of aryl methyl sites for hydroxylation is 2. The summed E-state index contributed by atoms with van der Waals surface area (Å²) in [7, 11) is 0. The van der Waals surface area contributed by atoms with Crippen LogP contribution >= 0.6 is 0 Å². The average molecular weight is 675 g/mol. The first-order valence-electron chi connectivity index (χ1n) is 15.6. The van der Waals surface area contributed by atoms with Crippen LogP contribution in [0.25, 0.3) is 66.2 Å². The first-order chi connectivity index (χ1) is 23.8. The fourth-order valence-corrected chi connectivity index (χ4v) is 6.81. The Hall–Kier alpha value is -6.08. The summed E-state index contributed by atoms with van der Waals surface area (Å²) in [5.74, 6) is 0.311. The highest BCUT2D eigenvalue weighted by Gasteiger charge is 2.33. The summed E-state index contributed by atoms with van der Waals surface area (Å²) in [5, 5.41) is 12.2. The van der Waals surface area contributed by atoms with Gasteiger partial charge in [0.1, 0.15) is 5.82 Å². The molecular formula is C40H24F6N4. The van der Waals surface area contributed by atoms with Crippen LogP contribution in [0.2, 0.25) is 0 Å². The van der Waals surface area contributed by atoms with Crippen molar-refractivity contribution in [3.05, 3.63) is 137 Å². The molecule has 246 valence electrons. The first kappa shape index (κ1) is 31.2. The average Bonchev–Trinajstić information content (AvgIpc) is 3.58. The highest BCUT2D eigenvalue weighted by molar-refractivity contribution is 6.11. The highest BCUT2D eigenvalue weighted by atomic mass is 19.4. The van der Waals surface area contributed by atoms with Crippen molar-refractivity contribution in [1.82, 2.24) is 14.1 Å². The number of rotatable bonds is 3. The molecule has 5 aromatic carbocycles. The maximum atomic E-state index is 14.1. The minimum Gasteiger partial charge on any atom is -0.307 e. The van der Waals surface area contributed by atoms with Crippen LogP contribution in [0.4, 0.5) is 26.3 Å². The molecule has 0 aliphatic carbocycles. The topological polar surface area (TPSA) is 46.5 Å². The molecule has 0 amide bonds. The molecule has 50 heavy (non-hydrogen) atoms. The standard InChI is InChI=1S/C40H24F6N4/c1-22-3-11-28-30-13-9-26(39(41,42)43)17-35(30)49(33(28)15-22)37-21-48-38(19-32(37)25-7-5-24(20-47)6-8-25)50-34-16-23(2)4-12-29(34)31-14-10-27(18-36(31)50)40(44,45)46/h3-19,21H,1-2H3. The smallest absolute Gasteiger partial charge is 0.307 e. The number of benzene rings is 5. The minimum atomic E-state index is -4.59. The van der Waals surface area contributed by atoms with Gasteiger partial charge < -0.3 is 4.57 Å². The van der Waals surface area contributed by atoms with Crippen molar-refractivity contribution in [2.24, 2.45) is 0 Å². The number of hydrogen-bond donors (Lipinski definition) is 0. The number of aromatic nitrogens is 3. The lowest BCUT2D eigenvalue weighted by Crippen LogP contribution is -2.07. The molecule has 0 fully saturated rings. The predicted molar refractivity (Wildman–Crippen MR) is 183 cm³/mol. The molecule has 0 aliphatic rings. The van der Waals surface area contributed by atoms with Crippen LogP contribution in [0.3, 0.4) is 0 Å². The molecule has 10 heteroatoms. The van der Waals surface area contributed by atoms with Gasteiger partial charge in [-0.05, 0) is 85.1 Å².